The Morgan fingerprint density at radius 1 is 1.12 bits per heavy atom. The molecule has 0 heterocycles. The second-order valence-electron chi connectivity index (χ2n) is 5.92. The van der Waals surface area contributed by atoms with E-state index in [0.29, 0.717) is 30.4 Å². The lowest BCUT2D eigenvalue weighted by molar-refractivity contribution is 0.103. The monoisotopic (exact) mass is 326 g/mol. The summed E-state index contributed by atoms with van der Waals surface area (Å²) in [6.45, 7) is 8.04. The lowest BCUT2D eigenvalue weighted by Gasteiger charge is -2.18. The summed E-state index contributed by atoms with van der Waals surface area (Å²) in [5, 5.41) is 20.1. The van der Waals surface area contributed by atoms with E-state index in [1.807, 2.05) is 37.3 Å². The highest BCUT2D eigenvalue weighted by Gasteiger charge is 2.21. The molecule has 4 nitrogen and oxygen atoms in total. The van der Waals surface area contributed by atoms with Crippen molar-refractivity contribution in [3.8, 4) is 11.5 Å². The molecule has 4 heteroatoms. The van der Waals surface area contributed by atoms with Crippen LogP contribution in [-0.2, 0) is 24.4 Å². The average molecular weight is 326 g/mol. The molecule has 0 aliphatic rings. The Morgan fingerprint density at radius 3 is 2.38 bits per heavy atom. The Morgan fingerprint density at radius 2 is 1.79 bits per heavy atom. The van der Waals surface area contributed by atoms with Gasteiger partial charge in [0.1, 0.15) is 0 Å². The van der Waals surface area contributed by atoms with E-state index in [-0.39, 0.29) is 17.9 Å². The number of rotatable bonds is 7. The van der Waals surface area contributed by atoms with Crippen molar-refractivity contribution in [3.05, 3.63) is 70.3 Å². The smallest absolute Gasteiger partial charge is 0.168 e. The number of phenols is 2. The van der Waals surface area contributed by atoms with Crippen molar-refractivity contribution in [2.24, 2.45) is 0 Å². The fourth-order valence-electron chi connectivity index (χ4n) is 2.66. The van der Waals surface area contributed by atoms with Gasteiger partial charge in [0, 0.05) is 0 Å². The minimum atomic E-state index is -0.397. The van der Waals surface area contributed by atoms with Gasteiger partial charge in [-0.25, -0.2) is 0 Å². The summed E-state index contributed by atoms with van der Waals surface area (Å²) in [6, 6.07) is 9.70. The van der Waals surface area contributed by atoms with Crippen LogP contribution in [-0.4, -0.2) is 16.5 Å². The molecule has 0 spiro atoms. The Balaban J connectivity index is 2.34. The van der Waals surface area contributed by atoms with E-state index in [9.17, 15) is 15.0 Å². The van der Waals surface area contributed by atoms with Crippen molar-refractivity contribution >= 4 is 6.29 Å². The second kappa shape index (κ2) is 7.79. The lowest BCUT2D eigenvalue weighted by Crippen LogP contribution is -2.07. The molecule has 0 radical (unpaired) electrons. The number of carbonyl (C=O) groups excluding carboxylic acids is 1. The van der Waals surface area contributed by atoms with Crippen LogP contribution in [0.15, 0.2) is 42.5 Å². The normalized spacial score (nSPS) is 10.6. The molecule has 0 amide bonds. The van der Waals surface area contributed by atoms with E-state index in [1.54, 1.807) is 6.92 Å². The van der Waals surface area contributed by atoms with Crippen LogP contribution >= 0.6 is 0 Å². The van der Waals surface area contributed by atoms with Crippen LogP contribution in [0.4, 0.5) is 0 Å². The van der Waals surface area contributed by atoms with Crippen molar-refractivity contribution < 1.29 is 19.7 Å². The maximum Gasteiger partial charge on any atom is 0.168 e. The number of carbonyl (C=O) groups is 1. The summed E-state index contributed by atoms with van der Waals surface area (Å²) in [6.07, 6.45) is 1.06. The zero-order chi connectivity index (χ0) is 17.7. The van der Waals surface area contributed by atoms with Gasteiger partial charge in [-0.05, 0) is 42.5 Å². The van der Waals surface area contributed by atoms with Crippen LogP contribution in [0.5, 0.6) is 11.5 Å². The third kappa shape index (κ3) is 3.84. The van der Waals surface area contributed by atoms with Gasteiger partial charge >= 0.3 is 0 Å². The van der Waals surface area contributed by atoms with Crippen LogP contribution in [0.2, 0.25) is 0 Å². The summed E-state index contributed by atoms with van der Waals surface area (Å²) >= 11 is 0. The molecule has 2 N–H and O–H groups in total. The van der Waals surface area contributed by atoms with Crippen LogP contribution in [0.3, 0.4) is 0 Å². The van der Waals surface area contributed by atoms with Crippen molar-refractivity contribution in [2.45, 2.75) is 33.5 Å². The Hall–Kier alpha value is -2.59. The molecule has 0 saturated heterocycles. The second-order valence-corrected chi connectivity index (χ2v) is 5.92. The first-order valence-corrected chi connectivity index (χ1v) is 7.73. The fourth-order valence-corrected chi connectivity index (χ4v) is 2.66. The van der Waals surface area contributed by atoms with E-state index in [4.69, 9.17) is 4.74 Å². The molecule has 0 aliphatic carbocycles. The number of phenolic OH excluding ortho intramolecular Hbond substituents is 2. The summed E-state index contributed by atoms with van der Waals surface area (Å²) in [4.78, 5) is 11.4. The molecule has 0 aliphatic heterocycles. The van der Waals surface area contributed by atoms with Crippen molar-refractivity contribution in [3.63, 3.8) is 0 Å². The van der Waals surface area contributed by atoms with Crippen molar-refractivity contribution in [1.82, 2.24) is 0 Å². The number of benzene rings is 2. The molecule has 126 valence electrons. The van der Waals surface area contributed by atoms with Crippen molar-refractivity contribution in [1.29, 1.82) is 0 Å². The number of hydrogen-bond donors (Lipinski definition) is 2. The van der Waals surface area contributed by atoms with E-state index < -0.39 is 5.75 Å². The maximum atomic E-state index is 11.4. The van der Waals surface area contributed by atoms with Crippen LogP contribution in [0.1, 0.15) is 39.5 Å². The van der Waals surface area contributed by atoms with Crippen molar-refractivity contribution in [2.75, 3.05) is 0 Å². The van der Waals surface area contributed by atoms with Gasteiger partial charge < -0.3 is 14.9 Å². The zero-order valence-corrected chi connectivity index (χ0v) is 14.0. The number of aromatic hydroxyl groups is 2. The standard InChI is InChI=1S/C20H22O4/c1-13(2)9-16-14(3)19(22)20(23)17(10-21)18(16)12-24-11-15-7-5-4-6-8-15/h4-8,10,22-23H,1,9,11-12H2,2-3H3. The van der Waals surface area contributed by atoms with Gasteiger partial charge in [0.15, 0.2) is 17.8 Å². The predicted octanol–water partition coefficient (Wildman–Crippen LogP) is 4.05. The maximum absolute atomic E-state index is 11.4. The molecule has 0 unspecified atom stereocenters. The Labute approximate surface area is 142 Å². The van der Waals surface area contributed by atoms with Gasteiger partial charge in [-0.3, -0.25) is 4.79 Å². The van der Waals surface area contributed by atoms with Gasteiger partial charge in [0.2, 0.25) is 0 Å². The quantitative estimate of drug-likeness (QED) is 0.457. The largest absolute Gasteiger partial charge is 0.504 e. The molecule has 0 bridgehead atoms. The average Bonchev–Trinajstić information content (AvgIpc) is 2.57. The summed E-state index contributed by atoms with van der Waals surface area (Å²) in [5.74, 6) is -0.661. The molecule has 2 rings (SSSR count). The minimum absolute atomic E-state index is 0.0717. The third-order valence-electron chi connectivity index (χ3n) is 3.93. The highest BCUT2D eigenvalue weighted by atomic mass is 16.5. The van der Waals surface area contributed by atoms with Gasteiger partial charge in [-0.2, -0.15) is 0 Å². The van der Waals surface area contributed by atoms with Crippen LogP contribution in [0, 0.1) is 6.92 Å². The van der Waals surface area contributed by atoms with E-state index >= 15 is 0 Å². The first-order valence-electron chi connectivity index (χ1n) is 7.73. The lowest BCUT2D eigenvalue weighted by atomic mass is 9.91. The molecule has 0 saturated carbocycles. The SMILES string of the molecule is C=C(C)Cc1c(C)c(O)c(O)c(C=O)c1COCc1ccccc1. The first-order chi connectivity index (χ1) is 11.5. The molecular formula is C20H22O4. The number of aldehydes is 1. The predicted molar refractivity (Wildman–Crippen MR) is 93.3 cm³/mol. The molecule has 0 fully saturated rings. The zero-order valence-electron chi connectivity index (χ0n) is 14.0. The van der Waals surface area contributed by atoms with Crippen LogP contribution in [0.25, 0.3) is 0 Å². The van der Waals surface area contributed by atoms with Gasteiger partial charge in [-0.1, -0.05) is 42.5 Å². The highest BCUT2D eigenvalue weighted by molar-refractivity contribution is 5.85. The van der Waals surface area contributed by atoms with E-state index in [2.05, 4.69) is 6.58 Å². The molecule has 0 aromatic heterocycles. The molecular weight excluding hydrogens is 304 g/mol. The Kier molecular flexibility index (Phi) is 5.77. The summed E-state index contributed by atoms with van der Waals surface area (Å²) < 4.78 is 5.74. The van der Waals surface area contributed by atoms with Gasteiger partial charge in [0.25, 0.3) is 0 Å². The van der Waals surface area contributed by atoms with Gasteiger partial charge in [-0.15, -0.1) is 0 Å². The molecule has 2 aromatic carbocycles. The third-order valence-corrected chi connectivity index (χ3v) is 3.93. The summed E-state index contributed by atoms with van der Waals surface area (Å²) in [5.41, 5.74) is 3.89. The highest BCUT2D eigenvalue weighted by Crippen LogP contribution is 2.38. The van der Waals surface area contributed by atoms with E-state index in [0.717, 1.165) is 16.7 Å². The molecule has 0 atom stereocenters. The molecule has 2 aromatic rings. The summed E-state index contributed by atoms with van der Waals surface area (Å²) in [7, 11) is 0. The first kappa shape index (κ1) is 17.8. The Bertz CT molecular complexity index is 748. The van der Waals surface area contributed by atoms with Crippen LogP contribution < -0.4 is 0 Å². The van der Waals surface area contributed by atoms with E-state index in [1.165, 1.54) is 0 Å². The molecule has 24 heavy (non-hydrogen) atoms. The number of allylic oxidation sites excluding steroid dienone is 1. The topological polar surface area (TPSA) is 66.8 Å². The number of ether oxygens (including phenoxy) is 1. The van der Waals surface area contributed by atoms with Gasteiger partial charge in [0.05, 0.1) is 18.8 Å². The number of hydrogen-bond acceptors (Lipinski definition) is 4. The minimum Gasteiger partial charge on any atom is -0.504 e. The fraction of sp³-hybridized carbons (Fsp3) is 0.250.